The molecule has 0 aromatic carbocycles. The van der Waals surface area contributed by atoms with Gasteiger partial charge in [0.2, 0.25) is 0 Å². The van der Waals surface area contributed by atoms with Gasteiger partial charge < -0.3 is 15.4 Å². The maximum Gasteiger partial charge on any atom is 0.252 e. The fraction of sp³-hybridized carbons (Fsp3) is 0.692. The fourth-order valence-electron chi connectivity index (χ4n) is 2.74. The van der Waals surface area contributed by atoms with E-state index in [9.17, 15) is 9.90 Å². The Balaban J connectivity index is 1.77. The summed E-state index contributed by atoms with van der Waals surface area (Å²) < 4.78 is 0. The van der Waals surface area contributed by atoms with Gasteiger partial charge in [0.05, 0.1) is 0 Å². The van der Waals surface area contributed by atoms with Crippen LogP contribution in [0.1, 0.15) is 43.8 Å². The Kier molecular flexibility index (Phi) is 3.07. The molecule has 98 valence electrons. The summed E-state index contributed by atoms with van der Waals surface area (Å²) >= 11 is 0. The molecule has 0 amide bonds. The van der Waals surface area contributed by atoms with Crippen molar-refractivity contribution < 1.29 is 5.11 Å². The third-order valence-corrected chi connectivity index (χ3v) is 3.95. The van der Waals surface area contributed by atoms with Gasteiger partial charge in [-0.15, -0.1) is 0 Å². The number of aliphatic hydroxyl groups excluding tert-OH is 1. The van der Waals surface area contributed by atoms with Crippen molar-refractivity contribution >= 4 is 5.82 Å². The lowest BCUT2D eigenvalue weighted by Gasteiger charge is -2.19. The lowest BCUT2D eigenvalue weighted by Crippen LogP contribution is -2.28. The predicted octanol–water partition coefficient (Wildman–Crippen LogP) is 1.22. The van der Waals surface area contributed by atoms with Gasteiger partial charge in [0.25, 0.3) is 5.56 Å². The monoisotopic (exact) mass is 249 g/mol. The number of H-pyrrole nitrogens is 1. The summed E-state index contributed by atoms with van der Waals surface area (Å²) in [5, 5.41) is 12.6. The van der Waals surface area contributed by atoms with Gasteiger partial charge in [-0.05, 0) is 25.7 Å². The van der Waals surface area contributed by atoms with Crippen LogP contribution in [0.25, 0.3) is 0 Å². The van der Waals surface area contributed by atoms with E-state index >= 15 is 0 Å². The number of anilines is 1. The van der Waals surface area contributed by atoms with Gasteiger partial charge in [-0.3, -0.25) is 4.79 Å². The van der Waals surface area contributed by atoms with Crippen LogP contribution in [0, 0.1) is 5.92 Å². The Morgan fingerprint density at radius 1 is 1.39 bits per heavy atom. The quantitative estimate of drug-likeness (QED) is 0.749. The van der Waals surface area contributed by atoms with Crippen LogP contribution in [-0.2, 0) is 0 Å². The zero-order valence-corrected chi connectivity index (χ0v) is 10.4. The average Bonchev–Trinajstić information content (AvgIpc) is 3.10. The highest BCUT2D eigenvalue weighted by Gasteiger charge is 2.29. The SMILES string of the molecule is O=c1cc(NC2CCCC2CO)nc(C2CC2)[nH]1. The fourth-order valence-corrected chi connectivity index (χ4v) is 2.74. The first-order valence-corrected chi connectivity index (χ1v) is 6.75. The summed E-state index contributed by atoms with van der Waals surface area (Å²) in [4.78, 5) is 18.9. The molecule has 5 heteroatoms. The summed E-state index contributed by atoms with van der Waals surface area (Å²) in [5.41, 5.74) is -0.0899. The second-order valence-corrected chi connectivity index (χ2v) is 5.41. The first-order chi connectivity index (χ1) is 8.76. The molecular formula is C13H19N3O2. The van der Waals surface area contributed by atoms with Crippen molar-refractivity contribution in [1.82, 2.24) is 9.97 Å². The molecule has 5 nitrogen and oxygen atoms in total. The van der Waals surface area contributed by atoms with Crippen molar-refractivity contribution in [2.45, 2.75) is 44.1 Å². The van der Waals surface area contributed by atoms with Crippen molar-refractivity contribution in [3.05, 3.63) is 22.2 Å². The number of hydrogen-bond donors (Lipinski definition) is 3. The molecular weight excluding hydrogens is 230 g/mol. The molecule has 1 heterocycles. The van der Waals surface area contributed by atoms with E-state index in [0.29, 0.717) is 11.7 Å². The highest BCUT2D eigenvalue weighted by molar-refractivity contribution is 5.35. The highest BCUT2D eigenvalue weighted by Crippen LogP contribution is 2.38. The summed E-state index contributed by atoms with van der Waals surface area (Å²) in [7, 11) is 0. The molecule has 0 radical (unpaired) electrons. The van der Waals surface area contributed by atoms with Crippen molar-refractivity contribution in [2.24, 2.45) is 5.92 Å². The van der Waals surface area contributed by atoms with Crippen molar-refractivity contribution in [1.29, 1.82) is 0 Å². The highest BCUT2D eigenvalue weighted by atomic mass is 16.3. The van der Waals surface area contributed by atoms with Gasteiger partial charge in [-0.2, -0.15) is 0 Å². The van der Waals surface area contributed by atoms with E-state index in [1.54, 1.807) is 0 Å². The molecule has 0 aliphatic heterocycles. The third-order valence-electron chi connectivity index (χ3n) is 3.95. The molecule has 2 saturated carbocycles. The van der Waals surface area contributed by atoms with Crippen LogP contribution in [0.4, 0.5) is 5.82 Å². The van der Waals surface area contributed by atoms with E-state index in [0.717, 1.165) is 37.9 Å². The van der Waals surface area contributed by atoms with Gasteiger partial charge in [-0.1, -0.05) is 6.42 Å². The van der Waals surface area contributed by atoms with Crippen LogP contribution in [-0.4, -0.2) is 27.7 Å². The maximum atomic E-state index is 11.6. The number of rotatable bonds is 4. The summed E-state index contributed by atoms with van der Waals surface area (Å²) in [6.07, 6.45) is 5.46. The zero-order chi connectivity index (χ0) is 12.5. The summed E-state index contributed by atoms with van der Waals surface area (Å²) in [5.74, 6) is 2.20. The molecule has 3 rings (SSSR count). The molecule has 3 N–H and O–H groups in total. The van der Waals surface area contributed by atoms with Crippen LogP contribution in [0.15, 0.2) is 10.9 Å². The molecule has 0 bridgehead atoms. The van der Waals surface area contributed by atoms with Crippen LogP contribution in [0.5, 0.6) is 0 Å². The van der Waals surface area contributed by atoms with Gasteiger partial charge in [-0.25, -0.2) is 4.98 Å². The molecule has 18 heavy (non-hydrogen) atoms. The van der Waals surface area contributed by atoms with Crippen LogP contribution in [0.3, 0.4) is 0 Å². The molecule has 2 unspecified atom stereocenters. The molecule has 0 spiro atoms. The zero-order valence-electron chi connectivity index (χ0n) is 10.4. The number of aromatic amines is 1. The van der Waals surface area contributed by atoms with E-state index in [4.69, 9.17) is 0 Å². The lowest BCUT2D eigenvalue weighted by atomic mass is 10.1. The molecule has 2 atom stereocenters. The first kappa shape index (κ1) is 11.7. The van der Waals surface area contributed by atoms with E-state index in [1.807, 2.05) is 0 Å². The smallest absolute Gasteiger partial charge is 0.252 e. The third kappa shape index (κ3) is 2.41. The second-order valence-electron chi connectivity index (χ2n) is 5.41. The molecule has 1 aromatic rings. The first-order valence-electron chi connectivity index (χ1n) is 6.75. The van der Waals surface area contributed by atoms with Gasteiger partial charge in [0.15, 0.2) is 0 Å². The van der Waals surface area contributed by atoms with Crippen LogP contribution >= 0.6 is 0 Å². The van der Waals surface area contributed by atoms with Crippen LogP contribution in [0.2, 0.25) is 0 Å². The minimum Gasteiger partial charge on any atom is -0.396 e. The lowest BCUT2D eigenvalue weighted by molar-refractivity contribution is 0.222. The number of nitrogens with zero attached hydrogens (tertiary/aromatic N) is 1. The summed E-state index contributed by atoms with van der Waals surface area (Å²) in [6.45, 7) is 0.205. The van der Waals surface area contributed by atoms with Crippen molar-refractivity contribution in [3.63, 3.8) is 0 Å². The Hall–Kier alpha value is -1.36. The normalized spacial score (nSPS) is 27.4. The molecule has 1 aromatic heterocycles. The minimum absolute atomic E-state index is 0.0899. The van der Waals surface area contributed by atoms with Gasteiger partial charge >= 0.3 is 0 Å². The largest absolute Gasteiger partial charge is 0.396 e. The molecule has 2 aliphatic carbocycles. The van der Waals surface area contributed by atoms with E-state index in [2.05, 4.69) is 15.3 Å². The van der Waals surface area contributed by atoms with Crippen LogP contribution < -0.4 is 10.9 Å². The average molecular weight is 249 g/mol. The number of aliphatic hydroxyl groups is 1. The van der Waals surface area contributed by atoms with E-state index in [-0.39, 0.29) is 24.1 Å². The standard InChI is InChI=1S/C13H19N3O2/c17-7-9-2-1-3-10(9)14-11-6-12(18)16-13(15-11)8-4-5-8/h6,8-10,17H,1-5,7H2,(H2,14,15,16,18). The maximum absolute atomic E-state index is 11.6. The number of aromatic nitrogens is 2. The van der Waals surface area contributed by atoms with Gasteiger partial charge in [0.1, 0.15) is 11.6 Å². The van der Waals surface area contributed by atoms with Gasteiger partial charge in [0, 0.05) is 30.6 Å². The number of nitrogens with one attached hydrogen (secondary N) is 2. The predicted molar refractivity (Wildman–Crippen MR) is 68.7 cm³/mol. The summed E-state index contributed by atoms with van der Waals surface area (Å²) in [6, 6.07) is 1.76. The molecule has 0 saturated heterocycles. The number of hydrogen-bond acceptors (Lipinski definition) is 4. The topological polar surface area (TPSA) is 78.0 Å². The molecule has 2 fully saturated rings. The Morgan fingerprint density at radius 2 is 2.22 bits per heavy atom. The van der Waals surface area contributed by atoms with Crippen molar-refractivity contribution in [2.75, 3.05) is 11.9 Å². The Bertz CT molecular complexity index is 481. The molecule has 2 aliphatic rings. The second kappa shape index (κ2) is 4.72. The Morgan fingerprint density at radius 3 is 2.94 bits per heavy atom. The van der Waals surface area contributed by atoms with E-state index in [1.165, 1.54) is 6.07 Å². The Labute approximate surface area is 106 Å². The van der Waals surface area contributed by atoms with Crippen molar-refractivity contribution in [3.8, 4) is 0 Å². The van der Waals surface area contributed by atoms with E-state index < -0.39 is 0 Å². The minimum atomic E-state index is -0.0899.